The highest BCUT2D eigenvalue weighted by molar-refractivity contribution is 7.89. The van der Waals surface area contributed by atoms with Gasteiger partial charge in [0.15, 0.2) is 0 Å². The van der Waals surface area contributed by atoms with Gasteiger partial charge in [0.1, 0.15) is 0 Å². The van der Waals surface area contributed by atoms with Gasteiger partial charge >= 0.3 is 0 Å². The average Bonchev–Trinajstić information content (AvgIpc) is 2.87. The van der Waals surface area contributed by atoms with E-state index in [4.69, 9.17) is 17.3 Å². The quantitative estimate of drug-likeness (QED) is 0.889. The van der Waals surface area contributed by atoms with E-state index in [1.54, 1.807) is 35.7 Å². The molecule has 0 saturated carbocycles. The summed E-state index contributed by atoms with van der Waals surface area (Å²) in [6, 6.07) is 8.57. The molecule has 0 aliphatic rings. The zero-order valence-electron chi connectivity index (χ0n) is 9.97. The third-order valence-electron chi connectivity index (χ3n) is 2.56. The molecule has 1 heterocycles. The molecular formula is C12H13ClN2O2S2. The van der Waals surface area contributed by atoms with Gasteiger partial charge in [0.25, 0.3) is 0 Å². The molecule has 0 saturated heterocycles. The van der Waals surface area contributed by atoms with Gasteiger partial charge in [-0.15, -0.1) is 11.3 Å². The van der Waals surface area contributed by atoms with Gasteiger partial charge in [-0.05, 0) is 29.1 Å². The van der Waals surface area contributed by atoms with Gasteiger partial charge in [-0.1, -0.05) is 23.7 Å². The number of rotatable bonds is 5. The minimum Gasteiger partial charge on any atom is -0.326 e. The van der Waals surface area contributed by atoms with E-state index in [2.05, 4.69) is 4.72 Å². The Morgan fingerprint density at radius 2 is 1.89 bits per heavy atom. The second-order valence-corrected chi connectivity index (χ2v) is 7.04. The van der Waals surface area contributed by atoms with E-state index in [0.29, 0.717) is 9.90 Å². The van der Waals surface area contributed by atoms with Gasteiger partial charge in [-0.2, -0.15) is 0 Å². The van der Waals surface area contributed by atoms with E-state index in [-0.39, 0.29) is 18.0 Å². The van der Waals surface area contributed by atoms with Crippen LogP contribution in [0.25, 0.3) is 0 Å². The van der Waals surface area contributed by atoms with Gasteiger partial charge in [-0.3, -0.25) is 0 Å². The monoisotopic (exact) mass is 316 g/mol. The second-order valence-electron chi connectivity index (χ2n) is 3.86. The number of thiophene rings is 1. The van der Waals surface area contributed by atoms with Crippen LogP contribution >= 0.6 is 22.9 Å². The second kappa shape index (κ2) is 6.02. The van der Waals surface area contributed by atoms with Crippen LogP contribution < -0.4 is 10.5 Å². The maximum absolute atomic E-state index is 12.1. The zero-order valence-corrected chi connectivity index (χ0v) is 12.4. The smallest absolute Gasteiger partial charge is 0.242 e. The highest BCUT2D eigenvalue weighted by atomic mass is 35.5. The molecule has 2 aromatic rings. The highest BCUT2D eigenvalue weighted by Crippen LogP contribution is 2.21. The fraction of sp³-hybridized carbons (Fsp3) is 0.167. The Hall–Kier alpha value is -0.920. The Kier molecular flexibility index (Phi) is 4.59. The molecule has 0 aliphatic carbocycles. The summed E-state index contributed by atoms with van der Waals surface area (Å²) in [5.74, 6) is 0. The minimum absolute atomic E-state index is 0.217. The third-order valence-corrected chi connectivity index (χ3v) is 5.37. The first-order valence-corrected chi connectivity index (χ1v) is 8.27. The Bertz CT molecular complexity index is 651. The van der Waals surface area contributed by atoms with Crippen LogP contribution in [0.2, 0.25) is 5.02 Å². The van der Waals surface area contributed by atoms with Crippen molar-refractivity contribution in [1.29, 1.82) is 0 Å². The fourth-order valence-electron chi connectivity index (χ4n) is 1.58. The number of nitrogens with one attached hydrogen (secondary N) is 1. The lowest BCUT2D eigenvalue weighted by atomic mass is 10.2. The molecule has 2 rings (SSSR count). The number of nitrogens with two attached hydrogens (primary N) is 1. The predicted molar refractivity (Wildman–Crippen MR) is 77.7 cm³/mol. The molecule has 0 unspecified atom stereocenters. The molecule has 0 aliphatic heterocycles. The van der Waals surface area contributed by atoms with E-state index in [0.717, 1.165) is 5.56 Å². The van der Waals surface area contributed by atoms with E-state index in [9.17, 15) is 8.42 Å². The summed E-state index contributed by atoms with van der Waals surface area (Å²) in [4.78, 5) is 0.914. The predicted octanol–water partition coefficient (Wildman–Crippen LogP) is 2.34. The Labute approximate surface area is 121 Å². The molecule has 0 radical (unpaired) electrons. The van der Waals surface area contributed by atoms with Crippen molar-refractivity contribution in [2.75, 3.05) is 0 Å². The van der Waals surface area contributed by atoms with E-state index >= 15 is 0 Å². The van der Waals surface area contributed by atoms with Gasteiger partial charge in [-0.25, -0.2) is 13.1 Å². The molecule has 0 atom stereocenters. The zero-order chi connectivity index (χ0) is 13.9. The summed E-state index contributed by atoms with van der Waals surface area (Å²) in [6.07, 6.45) is 0. The topological polar surface area (TPSA) is 72.2 Å². The van der Waals surface area contributed by atoms with Gasteiger partial charge in [0.2, 0.25) is 10.0 Å². The summed E-state index contributed by atoms with van der Waals surface area (Å²) in [6.45, 7) is 0.439. The fourth-order valence-corrected chi connectivity index (χ4v) is 4.05. The van der Waals surface area contributed by atoms with Crippen molar-refractivity contribution < 1.29 is 8.42 Å². The standard InChI is InChI=1S/C12H13ClN2O2S2/c13-10-3-1-9(2-4-10)8-15-19(16,17)12-5-6-18-11(12)7-14/h1-6,15H,7-8,14H2. The molecule has 0 spiro atoms. The van der Waals surface area contributed by atoms with Gasteiger partial charge in [0.05, 0.1) is 4.90 Å². The van der Waals surface area contributed by atoms with Crippen molar-refractivity contribution in [3.63, 3.8) is 0 Å². The summed E-state index contributed by atoms with van der Waals surface area (Å²) < 4.78 is 26.8. The van der Waals surface area contributed by atoms with Crippen molar-refractivity contribution in [3.05, 3.63) is 51.2 Å². The Balaban J connectivity index is 2.12. The Morgan fingerprint density at radius 3 is 2.53 bits per heavy atom. The molecule has 1 aromatic heterocycles. The van der Waals surface area contributed by atoms with Crippen LogP contribution in [0.15, 0.2) is 40.6 Å². The number of hydrogen-bond acceptors (Lipinski definition) is 4. The molecule has 0 bridgehead atoms. The molecule has 102 valence electrons. The van der Waals surface area contributed by atoms with Crippen molar-refractivity contribution in [3.8, 4) is 0 Å². The Morgan fingerprint density at radius 1 is 1.21 bits per heavy atom. The summed E-state index contributed by atoms with van der Waals surface area (Å²) >= 11 is 7.11. The first kappa shape index (κ1) is 14.5. The lowest BCUT2D eigenvalue weighted by molar-refractivity contribution is 0.580. The van der Waals surface area contributed by atoms with Crippen molar-refractivity contribution >= 4 is 33.0 Å². The van der Waals surface area contributed by atoms with E-state index in [1.807, 2.05) is 0 Å². The number of sulfonamides is 1. The molecule has 4 nitrogen and oxygen atoms in total. The van der Waals surface area contributed by atoms with Crippen LogP contribution in [0.4, 0.5) is 0 Å². The maximum Gasteiger partial charge on any atom is 0.242 e. The van der Waals surface area contributed by atoms with Crippen LogP contribution in [0, 0.1) is 0 Å². The lowest BCUT2D eigenvalue weighted by Gasteiger charge is -2.07. The van der Waals surface area contributed by atoms with Crippen molar-refractivity contribution in [2.24, 2.45) is 5.73 Å². The van der Waals surface area contributed by atoms with Crippen LogP contribution in [0.1, 0.15) is 10.4 Å². The van der Waals surface area contributed by atoms with Crippen LogP contribution in [0.5, 0.6) is 0 Å². The van der Waals surface area contributed by atoms with Gasteiger partial charge < -0.3 is 5.73 Å². The van der Waals surface area contributed by atoms with Gasteiger partial charge in [0, 0.05) is 23.0 Å². The summed E-state index contributed by atoms with van der Waals surface area (Å²) in [7, 11) is -3.52. The normalized spacial score (nSPS) is 11.7. The number of hydrogen-bond donors (Lipinski definition) is 2. The lowest BCUT2D eigenvalue weighted by Crippen LogP contribution is -2.24. The van der Waals surface area contributed by atoms with Crippen LogP contribution in [0.3, 0.4) is 0 Å². The number of halogens is 1. The SMILES string of the molecule is NCc1sccc1S(=O)(=O)NCc1ccc(Cl)cc1. The largest absolute Gasteiger partial charge is 0.326 e. The molecule has 1 aromatic carbocycles. The third kappa shape index (κ3) is 3.55. The maximum atomic E-state index is 12.1. The minimum atomic E-state index is -3.52. The summed E-state index contributed by atoms with van der Waals surface area (Å²) in [5.41, 5.74) is 6.36. The molecule has 7 heteroatoms. The molecule has 3 N–H and O–H groups in total. The molecule has 19 heavy (non-hydrogen) atoms. The van der Waals surface area contributed by atoms with Crippen molar-refractivity contribution in [2.45, 2.75) is 18.0 Å². The van der Waals surface area contributed by atoms with Crippen LogP contribution in [-0.4, -0.2) is 8.42 Å². The summed E-state index contributed by atoms with van der Waals surface area (Å²) in [5, 5.41) is 2.34. The molecule has 0 fully saturated rings. The first-order valence-electron chi connectivity index (χ1n) is 5.53. The van der Waals surface area contributed by atoms with Crippen molar-refractivity contribution in [1.82, 2.24) is 4.72 Å². The highest BCUT2D eigenvalue weighted by Gasteiger charge is 2.18. The average molecular weight is 317 g/mol. The van der Waals surface area contributed by atoms with E-state index in [1.165, 1.54) is 11.3 Å². The molecular weight excluding hydrogens is 304 g/mol. The number of benzene rings is 1. The first-order chi connectivity index (χ1) is 9.03. The van der Waals surface area contributed by atoms with E-state index < -0.39 is 10.0 Å². The molecule has 0 amide bonds. The van der Waals surface area contributed by atoms with Crippen LogP contribution in [-0.2, 0) is 23.1 Å².